The first-order valence-electron chi connectivity index (χ1n) is 23.3. The van der Waals surface area contributed by atoms with Crippen LogP contribution in [0.2, 0.25) is 0 Å². The summed E-state index contributed by atoms with van der Waals surface area (Å²) in [4.78, 5) is 64.5. The summed E-state index contributed by atoms with van der Waals surface area (Å²) < 4.78 is 49.9. The van der Waals surface area contributed by atoms with Gasteiger partial charge in [0.15, 0.2) is 25.2 Å². The molecule has 408 valence electrons. The summed E-state index contributed by atoms with van der Waals surface area (Å²) in [5.41, 5.74) is 7.23. The van der Waals surface area contributed by atoms with E-state index in [1.165, 1.54) is 14.2 Å². The zero-order chi connectivity index (χ0) is 54.6. The largest absolute Gasteiger partial charge is 0.481 e. The lowest BCUT2D eigenvalue weighted by molar-refractivity contribution is -0.151. The van der Waals surface area contributed by atoms with Crippen molar-refractivity contribution in [2.24, 2.45) is 29.4 Å². The molecule has 0 saturated heterocycles. The van der Waals surface area contributed by atoms with Gasteiger partial charge < -0.3 is 73.2 Å². The number of carboxylic acid groups (broad SMARTS) is 3. The molecule has 5 N–H and O–H groups in total. The number of rotatable bonds is 32. The minimum atomic E-state index is -0.999. The zero-order valence-electron chi connectivity index (χ0n) is 44.0. The predicted molar refractivity (Wildman–Crippen MR) is 263 cm³/mol. The number of carboxylic acids is 3. The minimum Gasteiger partial charge on any atom is -0.481 e. The van der Waals surface area contributed by atoms with Crippen molar-refractivity contribution in [2.45, 2.75) is 136 Å². The van der Waals surface area contributed by atoms with Crippen LogP contribution in [0.15, 0.2) is 60.7 Å². The summed E-state index contributed by atoms with van der Waals surface area (Å²) >= 11 is 0. The summed E-state index contributed by atoms with van der Waals surface area (Å²) in [5, 5.41) is 25.6. The van der Waals surface area contributed by atoms with Gasteiger partial charge in [-0.15, -0.1) is 0 Å². The molecule has 0 unspecified atom stereocenters. The van der Waals surface area contributed by atoms with Gasteiger partial charge in [0.25, 0.3) is 0 Å². The van der Waals surface area contributed by atoms with Gasteiger partial charge >= 0.3 is 29.8 Å². The van der Waals surface area contributed by atoms with Crippen molar-refractivity contribution in [1.29, 1.82) is 0 Å². The highest BCUT2D eigenvalue weighted by Gasteiger charge is 2.19. The van der Waals surface area contributed by atoms with Crippen molar-refractivity contribution >= 4 is 36.1 Å². The number of carbonyl (C=O) groups excluding carboxylic acids is 3. The lowest BCUT2D eigenvalue weighted by atomic mass is 10.1. The molecule has 0 saturated carbocycles. The van der Waals surface area contributed by atoms with E-state index in [2.05, 4.69) is 0 Å². The first-order valence-corrected chi connectivity index (χ1v) is 23.3. The van der Waals surface area contributed by atoms with E-state index in [9.17, 15) is 28.8 Å². The molecule has 0 radical (unpaired) electrons. The number of aliphatic carboxylic acids is 3. The maximum atomic E-state index is 11.8. The molecule has 2 aromatic carbocycles. The molecule has 2 aromatic rings. The van der Waals surface area contributed by atoms with Gasteiger partial charge in [0, 0.05) is 69.7 Å². The van der Waals surface area contributed by atoms with E-state index < -0.39 is 23.9 Å². The van der Waals surface area contributed by atoms with Crippen LogP contribution >= 0.6 is 0 Å². The van der Waals surface area contributed by atoms with Gasteiger partial charge in [-0.25, -0.2) is 0 Å². The number of nitrogens with two attached hydrogens (primary N) is 1. The van der Waals surface area contributed by atoms with Crippen molar-refractivity contribution in [3.63, 3.8) is 0 Å². The van der Waals surface area contributed by atoms with E-state index in [0.717, 1.165) is 17.4 Å². The zero-order valence-corrected chi connectivity index (χ0v) is 44.0. The molecule has 71 heavy (non-hydrogen) atoms. The van der Waals surface area contributed by atoms with Crippen LogP contribution in [-0.4, -0.2) is 140 Å². The lowest BCUT2D eigenvalue weighted by Gasteiger charge is -2.16. The number of hydrogen-bond acceptors (Lipinski definition) is 17. The second kappa shape index (κ2) is 46.2. The van der Waals surface area contributed by atoms with Crippen LogP contribution in [0.1, 0.15) is 103 Å². The van der Waals surface area contributed by atoms with Crippen LogP contribution in [0, 0.1) is 23.7 Å². The summed E-state index contributed by atoms with van der Waals surface area (Å²) in [6.45, 7) is 7.59. The normalized spacial score (nSPS) is 12.7. The predicted octanol–water partition coefficient (Wildman–Crippen LogP) is 7.12. The Labute approximate surface area is 421 Å². The minimum absolute atomic E-state index is 0.156. The van der Waals surface area contributed by atoms with Gasteiger partial charge in [0.2, 0.25) is 0 Å². The van der Waals surface area contributed by atoms with Crippen molar-refractivity contribution < 1.29 is 91.5 Å². The van der Waals surface area contributed by atoms with Gasteiger partial charge in [-0.3, -0.25) is 24.0 Å². The molecule has 0 aliphatic rings. The van der Waals surface area contributed by atoms with Crippen LogP contribution in [-0.2, 0) is 89.3 Å². The first-order chi connectivity index (χ1) is 33.7. The average Bonchev–Trinajstić information content (AvgIpc) is 3.38. The quantitative estimate of drug-likeness (QED) is 0.0322. The number of benzene rings is 2. The molecule has 0 spiro atoms. The Kier molecular flexibility index (Phi) is 45.8. The number of hydrogen-bond donors (Lipinski definition) is 4. The highest BCUT2D eigenvalue weighted by atomic mass is 16.7. The molecule has 0 fully saturated rings. The van der Waals surface area contributed by atoms with E-state index in [0.29, 0.717) is 77.4 Å². The molecule has 0 aliphatic heterocycles. The summed E-state index contributed by atoms with van der Waals surface area (Å²) in [5.74, 6) is -4.02. The lowest BCUT2D eigenvalue weighted by Crippen LogP contribution is -2.31. The second-order valence-electron chi connectivity index (χ2n) is 16.1. The number of esters is 2. The topological polar surface area (TPSA) is 281 Å². The van der Waals surface area contributed by atoms with Gasteiger partial charge in [0.1, 0.15) is 25.5 Å². The fourth-order valence-electron chi connectivity index (χ4n) is 5.47. The van der Waals surface area contributed by atoms with Gasteiger partial charge in [-0.2, -0.15) is 0 Å². The Hall–Kier alpha value is -4.90. The number of aldehydes is 1. The van der Waals surface area contributed by atoms with Crippen LogP contribution in [0.25, 0.3) is 0 Å². The molecular formula is C51H85NO19. The summed E-state index contributed by atoms with van der Waals surface area (Å²) in [6.07, 6.45) is 5.14. The first kappa shape index (κ1) is 70.4. The average molecular weight is 1020 g/mol. The molecular weight excluding hydrogens is 931 g/mol. The van der Waals surface area contributed by atoms with E-state index in [-0.39, 0.29) is 60.8 Å². The van der Waals surface area contributed by atoms with Gasteiger partial charge in [-0.05, 0) is 62.5 Å². The molecule has 0 amide bonds. The third kappa shape index (κ3) is 39.4. The molecule has 20 nitrogen and oxygen atoms in total. The molecule has 2 rings (SSSR count). The Balaban J connectivity index is -0.000000827. The highest BCUT2D eigenvalue weighted by Crippen LogP contribution is 2.15. The highest BCUT2D eigenvalue weighted by molar-refractivity contribution is 5.73. The molecule has 0 bridgehead atoms. The third-order valence-electron chi connectivity index (χ3n) is 10.5. The molecule has 0 heterocycles. The monoisotopic (exact) mass is 1020 g/mol. The van der Waals surface area contributed by atoms with Crippen molar-refractivity contribution in [2.75, 3.05) is 56.9 Å². The van der Waals surface area contributed by atoms with E-state index in [4.69, 9.17) is 68.4 Å². The Morgan fingerprint density at radius 1 is 0.437 bits per heavy atom. The number of ether oxygens (including phenoxy) is 10. The van der Waals surface area contributed by atoms with Crippen LogP contribution in [0.4, 0.5) is 0 Å². The number of carbonyl (C=O) groups is 6. The van der Waals surface area contributed by atoms with E-state index in [1.807, 2.05) is 67.6 Å². The Morgan fingerprint density at radius 3 is 0.986 bits per heavy atom. The standard InChI is InChI=1S/C15H22O4.C13H16O3.2C8H16O4.C7H15NO4/c1-12(9-10-14(17-2)18-3)15(16)19-11-13-7-5-4-6-8-13;1-11(6-5-9-14)13(15)16-10-12-7-3-2-4-8-12;2*1-6(8(9)10)4-5-7(11-2)12-3;1-11-6(12-2)4-3-5(8)7(9)10/h4-8,12,14H,9-11H2,1-3H3;2-4,7-9,11H,5-6,10H2,1H3;2*6-7H,4-5H2,1-3H3,(H,9,10);5-6H,3-4,8H2,1-2H3,(H,9,10)/t12-;11-;2*6-;5-/m00000/s1. The fraction of sp³-hybridized carbons (Fsp3) is 0.647. The van der Waals surface area contributed by atoms with E-state index >= 15 is 0 Å². The summed E-state index contributed by atoms with van der Waals surface area (Å²) in [6, 6.07) is 18.3. The van der Waals surface area contributed by atoms with Crippen LogP contribution in [0.5, 0.6) is 0 Å². The van der Waals surface area contributed by atoms with Crippen LogP contribution < -0.4 is 5.73 Å². The maximum absolute atomic E-state index is 11.8. The van der Waals surface area contributed by atoms with Gasteiger partial charge in [0.05, 0.1) is 23.7 Å². The molecule has 0 aliphatic carbocycles. The Bertz CT molecular complexity index is 1540. The number of methoxy groups -OCH3 is 8. The smallest absolute Gasteiger partial charge is 0.320 e. The molecule has 5 atom stereocenters. The van der Waals surface area contributed by atoms with Crippen molar-refractivity contribution in [1.82, 2.24) is 0 Å². The molecule has 0 aromatic heterocycles. The van der Waals surface area contributed by atoms with E-state index in [1.54, 1.807) is 63.4 Å². The SMILES string of the molecule is COC(CC[C@H](C)C(=O)O)OC.COC(CC[C@H](C)C(=O)O)OC.COC(CC[C@H](C)C(=O)OCc1ccccc1)OC.COC(CC[C@H](N)C(=O)O)OC.C[C@@H](CCC=O)C(=O)OCc1ccccc1. The maximum Gasteiger partial charge on any atom is 0.320 e. The third-order valence-corrected chi connectivity index (χ3v) is 10.5. The van der Waals surface area contributed by atoms with Gasteiger partial charge in [-0.1, -0.05) is 88.4 Å². The van der Waals surface area contributed by atoms with Crippen molar-refractivity contribution in [3.8, 4) is 0 Å². The summed E-state index contributed by atoms with van der Waals surface area (Å²) in [7, 11) is 12.3. The van der Waals surface area contributed by atoms with Crippen molar-refractivity contribution in [3.05, 3.63) is 71.8 Å². The Morgan fingerprint density at radius 2 is 0.718 bits per heavy atom. The molecule has 20 heteroatoms. The fourth-order valence-corrected chi connectivity index (χ4v) is 5.47. The second-order valence-corrected chi connectivity index (χ2v) is 16.1. The van der Waals surface area contributed by atoms with Crippen LogP contribution in [0.3, 0.4) is 0 Å².